The Morgan fingerprint density at radius 1 is 1.08 bits per heavy atom. The van der Waals surface area contributed by atoms with E-state index in [1.54, 1.807) is 0 Å². The molecule has 3 aromatic rings. The summed E-state index contributed by atoms with van der Waals surface area (Å²) in [5.74, 6) is 0.918. The lowest BCUT2D eigenvalue weighted by molar-refractivity contribution is 0.0788. The number of rotatable bonds is 3. The fraction of sp³-hybridized carbons (Fsp3) is 0.286. The number of hydrogen-bond acceptors (Lipinski definition) is 4. The van der Waals surface area contributed by atoms with E-state index in [-0.39, 0.29) is 17.7 Å². The van der Waals surface area contributed by atoms with Crippen LogP contribution >= 0.6 is 0 Å². The molecule has 1 aliphatic heterocycles. The second-order valence-electron chi connectivity index (χ2n) is 6.94. The molecule has 1 aromatic heterocycles. The van der Waals surface area contributed by atoms with Gasteiger partial charge >= 0.3 is 0 Å². The average Bonchev–Trinajstić information content (AvgIpc) is 3.33. The van der Waals surface area contributed by atoms with E-state index in [1.807, 2.05) is 55.1 Å². The third-order valence-electron chi connectivity index (χ3n) is 5.17. The van der Waals surface area contributed by atoms with Gasteiger partial charge < -0.3 is 9.42 Å². The molecule has 2 atom stereocenters. The summed E-state index contributed by atoms with van der Waals surface area (Å²) in [7, 11) is 0. The first-order valence-electron chi connectivity index (χ1n) is 8.81. The van der Waals surface area contributed by atoms with E-state index in [0.29, 0.717) is 18.9 Å². The van der Waals surface area contributed by atoms with E-state index in [4.69, 9.17) is 4.52 Å². The van der Waals surface area contributed by atoms with Crippen molar-refractivity contribution in [3.63, 3.8) is 0 Å². The number of benzene rings is 2. The number of likely N-dealkylation sites (tertiary alicyclic amines) is 1. The van der Waals surface area contributed by atoms with Gasteiger partial charge in [0.1, 0.15) is 0 Å². The quantitative estimate of drug-likeness (QED) is 0.725. The number of carbonyl (C=O) groups is 1. The van der Waals surface area contributed by atoms with Gasteiger partial charge in [0.15, 0.2) is 5.82 Å². The fourth-order valence-electron chi connectivity index (χ4n) is 3.75. The molecule has 0 bridgehead atoms. The summed E-state index contributed by atoms with van der Waals surface area (Å²) < 4.78 is 4.96. The van der Waals surface area contributed by atoms with Crippen molar-refractivity contribution >= 4 is 5.91 Å². The van der Waals surface area contributed by atoms with Gasteiger partial charge in [-0.15, -0.1) is 0 Å². The minimum atomic E-state index is 0.0326. The second-order valence-corrected chi connectivity index (χ2v) is 6.94. The number of nitrogens with zero attached hydrogens (tertiary/aromatic N) is 3. The summed E-state index contributed by atoms with van der Waals surface area (Å²) in [5.41, 5.74) is 4.05. The first-order valence-corrected chi connectivity index (χ1v) is 8.81. The monoisotopic (exact) mass is 347 g/mol. The first kappa shape index (κ1) is 16.5. The molecule has 0 radical (unpaired) electrons. The van der Waals surface area contributed by atoms with Crippen molar-refractivity contribution in [2.45, 2.75) is 25.7 Å². The smallest absolute Gasteiger partial charge is 0.254 e. The molecular weight excluding hydrogens is 326 g/mol. The van der Waals surface area contributed by atoms with Gasteiger partial charge in [0.25, 0.3) is 5.91 Å². The molecule has 0 saturated carbocycles. The average molecular weight is 347 g/mol. The van der Waals surface area contributed by atoms with Crippen LogP contribution in [-0.2, 0) is 0 Å². The largest absolute Gasteiger partial charge is 0.343 e. The van der Waals surface area contributed by atoms with Crippen molar-refractivity contribution in [1.82, 2.24) is 15.0 Å². The molecule has 0 N–H and O–H groups in total. The van der Waals surface area contributed by atoms with E-state index in [0.717, 1.165) is 16.7 Å². The van der Waals surface area contributed by atoms with Crippen molar-refractivity contribution in [2.24, 2.45) is 0 Å². The fourth-order valence-corrected chi connectivity index (χ4v) is 3.75. The van der Waals surface area contributed by atoms with Gasteiger partial charge in [-0.1, -0.05) is 53.2 Å². The molecule has 1 saturated heterocycles. The molecule has 26 heavy (non-hydrogen) atoms. The van der Waals surface area contributed by atoms with Crippen molar-refractivity contribution < 1.29 is 9.32 Å². The topological polar surface area (TPSA) is 59.2 Å². The maximum absolute atomic E-state index is 13.2. The molecule has 0 unspecified atom stereocenters. The summed E-state index contributed by atoms with van der Waals surface area (Å²) in [6.45, 7) is 5.23. The van der Waals surface area contributed by atoms with Gasteiger partial charge in [-0.25, -0.2) is 0 Å². The van der Waals surface area contributed by atoms with Crippen LogP contribution in [0.1, 0.15) is 44.7 Å². The van der Waals surface area contributed by atoms with E-state index in [9.17, 15) is 4.79 Å². The SMILES string of the molecule is Cc1ccc(C)c(C(=O)N2C[C@H](c3ncon3)[C@H](c3ccccc3)C2)c1. The number of amides is 1. The van der Waals surface area contributed by atoms with Gasteiger partial charge in [0.05, 0.1) is 0 Å². The van der Waals surface area contributed by atoms with Gasteiger partial charge in [-0.05, 0) is 31.0 Å². The van der Waals surface area contributed by atoms with Gasteiger partial charge in [-0.3, -0.25) is 4.79 Å². The number of carbonyl (C=O) groups excluding carboxylic acids is 1. The Hall–Kier alpha value is -2.95. The third kappa shape index (κ3) is 3.01. The number of hydrogen-bond donors (Lipinski definition) is 0. The molecule has 132 valence electrons. The molecule has 1 fully saturated rings. The van der Waals surface area contributed by atoms with Crippen LogP contribution in [0.25, 0.3) is 0 Å². The summed E-state index contributed by atoms with van der Waals surface area (Å²) in [6.07, 6.45) is 1.35. The molecule has 5 nitrogen and oxygen atoms in total. The molecule has 2 aromatic carbocycles. The predicted octanol–water partition coefficient (Wildman–Crippen LogP) is 3.71. The third-order valence-corrected chi connectivity index (χ3v) is 5.17. The summed E-state index contributed by atoms with van der Waals surface area (Å²) in [6, 6.07) is 16.3. The first-order chi connectivity index (χ1) is 12.6. The van der Waals surface area contributed by atoms with Crippen LogP contribution in [-0.4, -0.2) is 34.0 Å². The molecule has 4 rings (SSSR count). The van der Waals surface area contributed by atoms with Crippen LogP contribution in [0.5, 0.6) is 0 Å². The lowest BCUT2D eigenvalue weighted by Crippen LogP contribution is -2.29. The second kappa shape index (κ2) is 6.75. The van der Waals surface area contributed by atoms with Gasteiger partial charge in [-0.2, -0.15) is 4.98 Å². The molecule has 0 aliphatic carbocycles. The Balaban J connectivity index is 1.67. The van der Waals surface area contributed by atoms with E-state index in [2.05, 4.69) is 22.3 Å². The van der Waals surface area contributed by atoms with Gasteiger partial charge in [0, 0.05) is 30.5 Å². The lowest BCUT2D eigenvalue weighted by atomic mass is 9.88. The van der Waals surface area contributed by atoms with Crippen LogP contribution in [0, 0.1) is 13.8 Å². The van der Waals surface area contributed by atoms with Crippen LogP contribution in [0.3, 0.4) is 0 Å². The Bertz CT molecular complexity index is 906. The highest BCUT2D eigenvalue weighted by molar-refractivity contribution is 5.96. The summed E-state index contributed by atoms with van der Waals surface area (Å²) >= 11 is 0. The van der Waals surface area contributed by atoms with E-state index < -0.39 is 0 Å². The Morgan fingerprint density at radius 2 is 1.85 bits per heavy atom. The normalized spacial score (nSPS) is 19.7. The van der Waals surface area contributed by atoms with Crippen molar-refractivity contribution in [1.29, 1.82) is 0 Å². The van der Waals surface area contributed by atoms with Crippen molar-refractivity contribution in [3.8, 4) is 0 Å². The van der Waals surface area contributed by atoms with Crippen LogP contribution in [0.2, 0.25) is 0 Å². The lowest BCUT2D eigenvalue weighted by Gasteiger charge is -2.18. The maximum atomic E-state index is 13.2. The molecule has 5 heteroatoms. The summed E-state index contributed by atoms with van der Waals surface area (Å²) in [4.78, 5) is 19.3. The molecule has 1 amide bonds. The van der Waals surface area contributed by atoms with E-state index >= 15 is 0 Å². The van der Waals surface area contributed by atoms with Crippen molar-refractivity contribution in [2.75, 3.05) is 13.1 Å². The van der Waals surface area contributed by atoms with Crippen LogP contribution in [0.15, 0.2) is 59.4 Å². The number of aryl methyl sites for hydroxylation is 2. The predicted molar refractivity (Wildman–Crippen MR) is 98.0 cm³/mol. The maximum Gasteiger partial charge on any atom is 0.254 e. The minimum Gasteiger partial charge on any atom is -0.343 e. The Kier molecular flexibility index (Phi) is 4.29. The Morgan fingerprint density at radius 3 is 2.58 bits per heavy atom. The molecular formula is C21H21N3O2. The highest BCUT2D eigenvalue weighted by Crippen LogP contribution is 2.39. The van der Waals surface area contributed by atoms with Crippen LogP contribution < -0.4 is 0 Å². The highest BCUT2D eigenvalue weighted by Gasteiger charge is 2.39. The zero-order valence-corrected chi connectivity index (χ0v) is 14.9. The highest BCUT2D eigenvalue weighted by atomic mass is 16.5. The van der Waals surface area contributed by atoms with E-state index in [1.165, 1.54) is 12.0 Å². The standard InChI is InChI=1S/C21H21N3O2/c1-14-8-9-15(2)17(10-14)21(25)24-11-18(16-6-4-3-5-7-16)19(12-24)20-22-13-26-23-20/h3-10,13,18-19H,11-12H2,1-2H3/t18-,19-/m0/s1. The Labute approximate surface area is 152 Å². The minimum absolute atomic E-state index is 0.0326. The zero-order chi connectivity index (χ0) is 18.1. The zero-order valence-electron chi connectivity index (χ0n) is 14.9. The summed E-state index contributed by atoms with van der Waals surface area (Å²) in [5, 5.41) is 4.05. The molecule has 1 aliphatic rings. The molecule has 2 heterocycles. The van der Waals surface area contributed by atoms with Crippen molar-refractivity contribution in [3.05, 3.63) is 83.0 Å². The van der Waals surface area contributed by atoms with Gasteiger partial charge in [0.2, 0.25) is 6.39 Å². The number of aromatic nitrogens is 2. The molecule has 0 spiro atoms. The van der Waals surface area contributed by atoms with Crippen LogP contribution in [0.4, 0.5) is 0 Å².